The van der Waals surface area contributed by atoms with Crippen molar-refractivity contribution in [2.24, 2.45) is 0 Å². The highest BCUT2D eigenvalue weighted by molar-refractivity contribution is 6.30. The van der Waals surface area contributed by atoms with E-state index in [1.807, 2.05) is 54.9 Å². The van der Waals surface area contributed by atoms with Crippen molar-refractivity contribution in [3.63, 3.8) is 0 Å². The first-order chi connectivity index (χ1) is 16.6. The van der Waals surface area contributed by atoms with Crippen molar-refractivity contribution in [3.8, 4) is 34.1 Å². The lowest BCUT2D eigenvalue weighted by Crippen LogP contribution is -2.31. The topological polar surface area (TPSA) is 60.4 Å². The number of nitrogens with zero attached hydrogens (tertiary/aromatic N) is 4. The van der Waals surface area contributed by atoms with Gasteiger partial charge < -0.3 is 9.47 Å². The molecule has 34 heavy (non-hydrogen) atoms. The summed E-state index contributed by atoms with van der Waals surface area (Å²) in [6.45, 7) is 2.60. The zero-order valence-corrected chi connectivity index (χ0v) is 19.9. The molecule has 0 unspecified atom stereocenters. The number of hydrogen-bond acceptors (Lipinski definition) is 6. The van der Waals surface area contributed by atoms with Crippen LogP contribution in [0.4, 0.5) is 0 Å². The maximum absolute atomic E-state index is 6.00. The normalized spacial score (nSPS) is 13.4. The van der Waals surface area contributed by atoms with Gasteiger partial charge in [0, 0.05) is 60.2 Å². The molecule has 0 saturated heterocycles. The van der Waals surface area contributed by atoms with E-state index in [1.165, 1.54) is 11.1 Å². The van der Waals surface area contributed by atoms with Crippen LogP contribution in [0.5, 0.6) is 11.5 Å². The summed E-state index contributed by atoms with van der Waals surface area (Å²) in [4.78, 5) is 16.5. The molecule has 0 atom stereocenters. The van der Waals surface area contributed by atoms with E-state index in [0.717, 1.165) is 54.4 Å². The van der Waals surface area contributed by atoms with Gasteiger partial charge in [-0.3, -0.25) is 9.88 Å². The Labute approximate surface area is 204 Å². The van der Waals surface area contributed by atoms with Crippen molar-refractivity contribution in [2.75, 3.05) is 20.8 Å². The molecule has 5 rings (SSSR count). The molecule has 172 valence electrons. The minimum absolute atomic E-state index is 0.694. The van der Waals surface area contributed by atoms with Crippen LogP contribution in [-0.2, 0) is 19.5 Å². The molecule has 2 aromatic carbocycles. The van der Waals surface area contributed by atoms with Crippen molar-refractivity contribution in [2.45, 2.75) is 19.5 Å². The summed E-state index contributed by atoms with van der Waals surface area (Å²) in [6, 6.07) is 17.7. The van der Waals surface area contributed by atoms with Crippen molar-refractivity contribution < 1.29 is 9.47 Å². The molecule has 0 spiro atoms. The number of fused-ring (bicyclic) bond motifs is 1. The van der Waals surface area contributed by atoms with E-state index >= 15 is 0 Å². The molecular formula is C27H25ClN4O2. The lowest BCUT2D eigenvalue weighted by atomic mass is 10.1. The Morgan fingerprint density at radius 1 is 0.882 bits per heavy atom. The summed E-state index contributed by atoms with van der Waals surface area (Å²) < 4.78 is 10.7. The lowest BCUT2D eigenvalue weighted by molar-refractivity contribution is 0.242. The SMILES string of the molecule is COc1ccc(-c2ccc(CN3CCc4nc(-c5ccc(Cl)cc5)ncc4C3)cn2)cc1OC. The van der Waals surface area contributed by atoms with Crippen molar-refractivity contribution in [3.05, 3.63) is 88.8 Å². The number of halogens is 1. The molecule has 3 heterocycles. The van der Waals surface area contributed by atoms with Crippen LogP contribution in [0, 0.1) is 0 Å². The third kappa shape index (κ3) is 4.74. The van der Waals surface area contributed by atoms with E-state index < -0.39 is 0 Å². The highest BCUT2D eigenvalue weighted by Crippen LogP contribution is 2.31. The zero-order valence-electron chi connectivity index (χ0n) is 19.2. The number of benzene rings is 2. The predicted octanol–water partition coefficient (Wildman–Crippen LogP) is 5.43. The highest BCUT2D eigenvalue weighted by Gasteiger charge is 2.19. The number of ether oxygens (including phenoxy) is 2. The summed E-state index contributed by atoms with van der Waals surface area (Å²) in [6.07, 6.45) is 4.80. The van der Waals surface area contributed by atoms with Gasteiger partial charge in [-0.1, -0.05) is 17.7 Å². The maximum Gasteiger partial charge on any atom is 0.161 e. The van der Waals surface area contributed by atoms with Crippen LogP contribution in [0.15, 0.2) is 67.0 Å². The Morgan fingerprint density at radius 2 is 1.68 bits per heavy atom. The van der Waals surface area contributed by atoms with Gasteiger partial charge in [0.15, 0.2) is 17.3 Å². The third-order valence-corrected chi connectivity index (χ3v) is 6.28. The molecule has 0 fully saturated rings. The van der Waals surface area contributed by atoms with Gasteiger partial charge in [0.2, 0.25) is 0 Å². The largest absolute Gasteiger partial charge is 0.493 e. The first-order valence-corrected chi connectivity index (χ1v) is 11.5. The van der Waals surface area contributed by atoms with Gasteiger partial charge in [0.05, 0.1) is 25.6 Å². The summed E-state index contributed by atoms with van der Waals surface area (Å²) in [5.74, 6) is 2.15. The third-order valence-electron chi connectivity index (χ3n) is 6.03. The molecule has 7 heteroatoms. The molecule has 4 aromatic rings. The van der Waals surface area contributed by atoms with Gasteiger partial charge in [0.1, 0.15) is 0 Å². The van der Waals surface area contributed by atoms with Gasteiger partial charge >= 0.3 is 0 Å². The minimum Gasteiger partial charge on any atom is -0.493 e. The maximum atomic E-state index is 6.00. The Morgan fingerprint density at radius 3 is 2.41 bits per heavy atom. The molecule has 2 aromatic heterocycles. The first-order valence-electron chi connectivity index (χ1n) is 11.1. The van der Waals surface area contributed by atoms with Crippen LogP contribution >= 0.6 is 11.6 Å². The Balaban J connectivity index is 1.26. The summed E-state index contributed by atoms with van der Waals surface area (Å²) >= 11 is 6.00. The van der Waals surface area contributed by atoms with Crippen LogP contribution in [0.3, 0.4) is 0 Å². The minimum atomic E-state index is 0.694. The van der Waals surface area contributed by atoms with Crippen LogP contribution in [-0.4, -0.2) is 40.6 Å². The summed E-state index contributed by atoms with van der Waals surface area (Å²) in [5, 5.41) is 0.712. The number of aromatic nitrogens is 3. The molecule has 0 aliphatic carbocycles. The number of methoxy groups -OCH3 is 2. The average Bonchev–Trinajstić information content (AvgIpc) is 2.89. The molecule has 0 amide bonds. The summed E-state index contributed by atoms with van der Waals surface area (Å²) in [7, 11) is 3.27. The molecule has 6 nitrogen and oxygen atoms in total. The fourth-order valence-corrected chi connectivity index (χ4v) is 4.32. The molecule has 0 radical (unpaired) electrons. The predicted molar refractivity (Wildman–Crippen MR) is 133 cm³/mol. The Bertz CT molecular complexity index is 1290. The molecule has 0 bridgehead atoms. The monoisotopic (exact) mass is 472 g/mol. The fraction of sp³-hybridized carbons (Fsp3) is 0.222. The summed E-state index contributed by atoms with van der Waals surface area (Å²) in [5.41, 5.74) is 6.35. The second kappa shape index (κ2) is 9.79. The molecule has 0 saturated carbocycles. The van der Waals surface area contributed by atoms with Gasteiger partial charge in [0.25, 0.3) is 0 Å². The smallest absolute Gasteiger partial charge is 0.161 e. The van der Waals surface area contributed by atoms with E-state index in [9.17, 15) is 0 Å². The fourth-order valence-electron chi connectivity index (χ4n) is 4.19. The van der Waals surface area contributed by atoms with Crippen LogP contribution < -0.4 is 9.47 Å². The standard InChI is InChI=1S/C27H25ClN4O2/c1-33-25-10-6-20(13-26(25)34-2)23-9-3-18(14-29-23)16-32-12-11-24-21(17-32)15-30-27(31-24)19-4-7-22(28)8-5-19/h3-10,13-15H,11-12,16-17H2,1-2H3. The van der Waals surface area contributed by atoms with E-state index in [4.69, 9.17) is 26.1 Å². The quantitative estimate of drug-likeness (QED) is 0.372. The molecule has 1 aliphatic heterocycles. The van der Waals surface area contributed by atoms with Crippen LogP contribution in [0.25, 0.3) is 22.6 Å². The van der Waals surface area contributed by atoms with E-state index in [-0.39, 0.29) is 0 Å². The van der Waals surface area contributed by atoms with Crippen molar-refractivity contribution >= 4 is 11.6 Å². The Hall–Kier alpha value is -3.48. The first kappa shape index (κ1) is 22.3. The van der Waals surface area contributed by atoms with E-state index in [1.54, 1.807) is 14.2 Å². The second-order valence-electron chi connectivity index (χ2n) is 8.25. The number of pyridine rings is 1. The van der Waals surface area contributed by atoms with Crippen LogP contribution in [0.2, 0.25) is 5.02 Å². The molecule has 0 N–H and O–H groups in total. The van der Waals surface area contributed by atoms with E-state index in [0.29, 0.717) is 16.5 Å². The number of rotatable bonds is 6. The lowest BCUT2D eigenvalue weighted by Gasteiger charge is -2.28. The number of hydrogen-bond donors (Lipinski definition) is 0. The zero-order chi connectivity index (χ0) is 23.5. The molecular weight excluding hydrogens is 448 g/mol. The Kier molecular flexibility index (Phi) is 6.43. The van der Waals surface area contributed by atoms with Crippen molar-refractivity contribution in [1.29, 1.82) is 0 Å². The van der Waals surface area contributed by atoms with Crippen molar-refractivity contribution in [1.82, 2.24) is 19.9 Å². The van der Waals surface area contributed by atoms with Gasteiger partial charge in [-0.2, -0.15) is 0 Å². The average molecular weight is 473 g/mol. The van der Waals surface area contributed by atoms with Gasteiger partial charge in [-0.25, -0.2) is 9.97 Å². The van der Waals surface area contributed by atoms with Gasteiger partial charge in [-0.05, 0) is 54.1 Å². The second-order valence-corrected chi connectivity index (χ2v) is 8.69. The van der Waals surface area contributed by atoms with Crippen LogP contribution in [0.1, 0.15) is 16.8 Å². The van der Waals surface area contributed by atoms with E-state index in [2.05, 4.69) is 27.0 Å². The molecule has 1 aliphatic rings. The van der Waals surface area contributed by atoms with Gasteiger partial charge in [-0.15, -0.1) is 0 Å². The highest BCUT2D eigenvalue weighted by atomic mass is 35.5.